The summed E-state index contributed by atoms with van der Waals surface area (Å²) < 4.78 is 0. The number of likely N-dealkylation sites (tertiary alicyclic amines) is 1. The normalized spacial score (nSPS) is 42.7. The Balaban J connectivity index is 1.95. The lowest BCUT2D eigenvalue weighted by Crippen LogP contribution is -2.46. The Morgan fingerprint density at radius 3 is 2.11 bits per heavy atom. The van der Waals surface area contributed by atoms with Gasteiger partial charge in [0.1, 0.15) is 6.29 Å². The largest absolute Gasteiger partial charge is 0.303 e. The molecule has 1 aliphatic heterocycles. The van der Waals surface area contributed by atoms with Crippen LogP contribution in [0.15, 0.2) is 0 Å². The third kappa shape index (κ3) is 3.34. The molecule has 2 heteroatoms. The molecule has 18 heavy (non-hydrogen) atoms. The lowest BCUT2D eigenvalue weighted by atomic mass is 9.71. The van der Waals surface area contributed by atoms with E-state index >= 15 is 0 Å². The van der Waals surface area contributed by atoms with Crippen LogP contribution in [0.25, 0.3) is 0 Å². The van der Waals surface area contributed by atoms with Gasteiger partial charge in [0.2, 0.25) is 0 Å². The molecule has 2 fully saturated rings. The highest BCUT2D eigenvalue weighted by atomic mass is 16.1. The lowest BCUT2D eigenvalue weighted by Gasteiger charge is -2.42. The highest BCUT2D eigenvalue weighted by Gasteiger charge is 2.37. The second-order valence-corrected chi connectivity index (χ2v) is 7.30. The van der Waals surface area contributed by atoms with Crippen LogP contribution in [0.2, 0.25) is 0 Å². The average molecular weight is 251 g/mol. The summed E-state index contributed by atoms with van der Waals surface area (Å²) in [6.07, 6.45) is 7.31. The van der Waals surface area contributed by atoms with E-state index in [0.29, 0.717) is 0 Å². The molecule has 104 valence electrons. The van der Waals surface area contributed by atoms with Crippen LogP contribution in [0.1, 0.15) is 52.9 Å². The maximum atomic E-state index is 11.6. The molecule has 2 aliphatic rings. The van der Waals surface area contributed by atoms with E-state index in [1.807, 2.05) is 0 Å². The van der Waals surface area contributed by atoms with Crippen LogP contribution in [0, 0.1) is 23.2 Å². The first-order chi connectivity index (χ1) is 8.53. The number of rotatable bonds is 3. The van der Waals surface area contributed by atoms with Crippen LogP contribution in [0.3, 0.4) is 0 Å². The van der Waals surface area contributed by atoms with Crippen LogP contribution >= 0.6 is 0 Å². The van der Waals surface area contributed by atoms with Crippen LogP contribution in [0.4, 0.5) is 0 Å². The van der Waals surface area contributed by atoms with Gasteiger partial charge in [-0.05, 0) is 49.9 Å². The second kappa shape index (κ2) is 5.73. The summed E-state index contributed by atoms with van der Waals surface area (Å²) in [5.41, 5.74) is -0.0245. The van der Waals surface area contributed by atoms with Crippen LogP contribution in [-0.2, 0) is 4.79 Å². The van der Waals surface area contributed by atoms with Gasteiger partial charge in [-0.25, -0.2) is 0 Å². The minimum atomic E-state index is -0.0245. The number of hydrogen-bond acceptors (Lipinski definition) is 2. The van der Waals surface area contributed by atoms with Gasteiger partial charge in [0.15, 0.2) is 0 Å². The second-order valence-electron chi connectivity index (χ2n) is 7.30. The molecule has 1 saturated heterocycles. The van der Waals surface area contributed by atoms with Crippen molar-refractivity contribution in [2.45, 2.75) is 52.9 Å². The third-order valence-electron chi connectivity index (χ3n) is 5.00. The molecule has 1 saturated carbocycles. The van der Waals surface area contributed by atoms with Gasteiger partial charge in [-0.1, -0.05) is 20.8 Å². The molecule has 0 radical (unpaired) electrons. The molecular weight excluding hydrogens is 222 g/mol. The highest BCUT2D eigenvalue weighted by Crippen LogP contribution is 2.38. The van der Waals surface area contributed by atoms with Gasteiger partial charge in [0.05, 0.1) is 0 Å². The number of carbonyl (C=O) groups excluding carboxylic acids is 1. The maximum absolute atomic E-state index is 11.6. The SMILES string of the molecule is CC1CCC(C=O)(CN2CC(C)CC(C)C2)CC1. The summed E-state index contributed by atoms with van der Waals surface area (Å²) in [6.45, 7) is 10.4. The smallest absolute Gasteiger partial charge is 0.127 e. The molecule has 2 rings (SSSR count). The van der Waals surface area contributed by atoms with Crippen molar-refractivity contribution in [3.8, 4) is 0 Å². The topological polar surface area (TPSA) is 20.3 Å². The van der Waals surface area contributed by atoms with Crippen molar-refractivity contribution in [3.05, 3.63) is 0 Å². The van der Waals surface area contributed by atoms with E-state index in [2.05, 4.69) is 25.7 Å². The maximum Gasteiger partial charge on any atom is 0.127 e. The summed E-state index contributed by atoms with van der Waals surface area (Å²) in [4.78, 5) is 14.2. The Morgan fingerprint density at radius 2 is 1.61 bits per heavy atom. The van der Waals surface area contributed by atoms with Gasteiger partial charge in [-0.3, -0.25) is 0 Å². The quantitative estimate of drug-likeness (QED) is 0.717. The molecule has 0 N–H and O–H groups in total. The Hall–Kier alpha value is -0.370. The number of piperidine rings is 1. The monoisotopic (exact) mass is 251 g/mol. The number of aldehydes is 1. The minimum Gasteiger partial charge on any atom is -0.303 e. The van der Waals surface area contributed by atoms with Crippen molar-refractivity contribution in [1.82, 2.24) is 4.90 Å². The minimum absolute atomic E-state index is 0.0245. The van der Waals surface area contributed by atoms with Gasteiger partial charge in [0.25, 0.3) is 0 Å². The average Bonchev–Trinajstić information content (AvgIpc) is 2.31. The zero-order valence-corrected chi connectivity index (χ0v) is 12.3. The molecule has 0 spiro atoms. The number of hydrogen-bond donors (Lipinski definition) is 0. The van der Waals surface area contributed by atoms with Crippen LogP contribution < -0.4 is 0 Å². The third-order valence-corrected chi connectivity index (χ3v) is 5.00. The Labute approximate surface area is 112 Å². The van der Waals surface area contributed by atoms with E-state index in [4.69, 9.17) is 0 Å². The molecule has 1 heterocycles. The summed E-state index contributed by atoms with van der Waals surface area (Å²) in [5.74, 6) is 2.40. The van der Waals surface area contributed by atoms with Gasteiger partial charge in [-0.2, -0.15) is 0 Å². The fraction of sp³-hybridized carbons (Fsp3) is 0.938. The molecule has 1 aliphatic carbocycles. The van der Waals surface area contributed by atoms with Crippen molar-refractivity contribution in [2.75, 3.05) is 19.6 Å². The van der Waals surface area contributed by atoms with Crippen molar-refractivity contribution in [1.29, 1.82) is 0 Å². The van der Waals surface area contributed by atoms with Crippen molar-refractivity contribution < 1.29 is 4.79 Å². The standard InChI is InChI=1S/C16H29NO/c1-13-4-6-16(12-18,7-5-13)11-17-9-14(2)8-15(3)10-17/h12-15H,4-11H2,1-3H3. The Bertz CT molecular complexity index is 271. The van der Waals surface area contributed by atoms with Crippen LogP contribution in [-0.4, -0.2) is 30.8 Å². The number of carbonyl (C=O) groups is 1. The predicted molar refractivity (Wildman–Crippen MR) is 75.5 cm³/mol. The predicted octanol–water partition coefficient (Wildman–Crippen LogP) is 3.36. The highest BCUT2D eigenvalue weighted by molar-refractivity contribution is 5.60. The summed E-state index contributed by atoms with van der Waals surface area (Å²) in [5, 5.41) is 0. The molecule has 0 bridgehead atoms. The Kier molecular flexibility index (Phi) is 4.47. The van der Waals surface area contributed by atoms with Gasteiger partial charge in [-0.15, -0.1) is 0 Å². The fourth-order valence-electron chi connectivity index (χ4n) is 4.02. The first kappa shape index (κ1) is 14.0. The summed E-state index contributed by atoms with van der Waals surface area (Å²) in [6, 6.07) is 0. The molecule has 2 nitrogen and oxygen atoms in total. The molecule has 0 aromatic rings. The van der Waals surface area contributed by atoms with E-state index in [9.17, 15) is 4.79 Å². The lowest BCUT2D eigenvalue weighted by molar-refractivity contribution is -0.120. The zero-order valence-electron chi connectivity index (χ0n) is 12.3. The first-order valence-electron chi connectivity index (χ1n) is 7.72. The molecule has 0 amide bonds. The van der Waals surface area contributed by atoms with Crippen LogP contribution in [0.5, 0.6) is 0 Å². The van der Waals surface area contributed by atoms with Crippen molar-refractivity contribution in [3.63, 3.8) is 0 Å². The van der Waals surface area contributed by atoms with Crippen molar-refractivity contribution in [2.24, 2.45) is 23.2 Å². The van der Waals surface area contributed by atoms with Crippen molar-refractivity contribution >= 4 is 6.29 Å². The fourth-order valence-corrected chi connectivity index (χ4v) is 4.02. The molecule has 2 unspecified atom stereocenters. The summed E-state index contributed by atoms with van der Waals surface area (Å²) >= 11 is 0. The van der Waals surface area contributed by atoms with E-state index in [1.165, 1.54) is 38.6 Å². The Morgan fingerprint density at radius 1 is 1.06 bits per heavy atom. The molecule has 0 aromatic carbocycles. The van der Waals surface area contributed by atoms with E-state index < -0.39 is 0 Å². The van der Waals surface area contributed by atoms with E-state index in [-0.39, 0.29) is 5.41 Å². The van der Waals surface area contributed by atoms with E-state index in [0.717, 1.165) is 37.1 Å². The zero-order chi connectivity index (χ0) is 13.2. The van der Waals surface area contributed by atoms with E-state index in [1.54, 1.807) is 0 Å². The summed E-state index contributed by atoms with van der Waals surface area (Å²) in [7, 11) is 0. The van der Waals surface area contributed by atoms with Gasteiger partial charge >= 0.3 is 0 Å². The van der Waals surface area contributed by atoms with Gasteiger partial charge < -0.3 is 9.69 Å². The van der Waals surface area contributed by atoms with Gasteiger partial charge in [0, 0.05) is 25.0 Å². The molecule has 2 atom stereocenters. The number of nitrogens with zero attached hydrogens (tertiary/aromatic N) is 1. The molecule has 0 aromatic heterocycles. The first-order valence-corrected chi connectivity index (χ1v) is 7.72. The molecular formula is C16H29NO.